The van der Waals surface area contributed by atoms with Gasteiger partial charge in [0.2, 0.25) is 5.95 Å². The third kappa shape index (κ3) is 5.12. The molecule has 0 bridgehead atoms. The number of fused-ring (bicyclic) bond motifs is 9. The molecule has 0 radical (unpaired) electrons. The first-order chi connectivity index (χ1) is 28.2. The Morgan fingerprint density at radius 1 is 0.386 bits per heavy atom. The highest BCUT2D eigenvalue weighted by Gasteiger charge is 2.20. The molecule has 4 aromatic heterocycles. The Labute approximate surface area is 330 Å². The molecule has 5 nitrogen and oxygen atoms in total. The highest BCUT2D eigenvalue weighted by Crippen LogP contribution is 2.42. The van der Waals surface area contributed by atoms with Gasteiger partial charge in [-0.3, -0.25) is 4.57 Å². The summed E-state index contributed by atoms with van der Waals surface area (Å²) >= 11 is 1.81. The summed E-state index contributed by atoms with van der Waals surface area (Å²) in [6.07, 6.45) is 0. The van der Waals surface area contributed by atoms with Crippen LogP contribution in [0.5, 0.6) is 0 Å². The van der Waals surface area contributed by atoms with Crippen molar-refractivity contribution in [3.8, 4) is 51.0 Å². The molecule has 0 saturated heterocycles. The van der Waals surface area contributed by atoms with E-state index in [1.807, 2.05) is 47.7 Å². The molecule has 8 aromatic carbocycles. The van der Waals surface area contributed by atoms with Crippen molar-refractivity contribution in [3.05, 3.63) is 182 Å². The van der Waals surface area contributed by atoms with Crippen LogP contribution in [0.25, 0.3) is 115 Å². The minimum Gasteiger partial charge on any atom is -0.455 e. The van der Waals surface area contributed by atoms with E-state index in [0.29, 0.717) is 17.6 Å². The molecule has 0 atom stereocenters. The number of aromatic nitrogens is 4. The van der Waals surface area contributed by atoms with Gasteiger partial charge in [-0.1, -0.05) is 127 Å². The molecular formula is C51H30N4OS. The van der Waals surface area contributed by atoms with Gasteiger partial charge in [0.1, 0.15) is 11.2 Å². The Bertz CT molecular complexity index is 3530. The summed E-state index contributed by atoms with van der Waals surface area (Å²) in [4.78, 5) is 15.7. The summed E-state index contributed by atoms with van der Waals surface area (Å²) in [5.41, 5.74) is 10.0. The monoisotopic (exact) mass is 746 g/mol. The second-order valence-corrected chi connectivity index (χ2v) is 15.5. The van der Waals surface area contributed by atoms with E-state index in [9.17, 15) is 0 Å². The molecule has 12 aromatic rings. The Kier molecular flexibility index (Phi) is 7.03. The van der Waals surface area contributed by atoms with E-state index in [-0.39, 0.29) is 0 Å². The molecule has 266 valence electrons. The molecule has 12 rings (SSSR count). The van der Waals surface area contributed by atoms with Crippen molar-refractivity contribution in [2.24, 2.45) is 0 Å². The first-order valence-electron chi connectivity index (χ1n) is 19.0. The minimum atomic E-state index is 0.568. The smallest absolute Gasteiger partial charge is 0.238 e. The SMILES string of the molecule is c1ccc(-c2nc(-c3ccc4sc5ccccc5c4c3)nc(-n3c4ccccc4c4ccc(-c5cc(-c6ccccc6)c6oc7ccccc7c6c5)cc43)n2)cc1. The molecule has 0 spiro atoms. The highest BCUT2D eigenvalue weighted by molar-refractivity contribution is 7.25. The second kappa shape index (κ2) is 12.6. The van der Waals surface area contributed by atoms with E-state index in [0.717, 1.165) is 77.1 Å². The molecule has 6 heteroatoms. The van der Waals surface area contributed by atoms with Crippen LogP contribution >= 0.6 is 11.3 Å². The van der Waals surface area contributed by atoms with E-state index >= 15 is 0 Å². The summed E-state index contributed by atoms with van der Waals surface area (Å²) in [7, 11) is 0. The van der Waals surface area contributed by atoms with Crippen LogP contribution in [0.1, 0.15) is 0 Å². The number of thiophene rings is 1. The van der Waals surface area contributed by atoms with Crippen molar-refractivity contribution in [1.82, 2.24) is 19.5 Å². The summed E-state index contributed by atoms with van der Waals surface area (Å²) in [6.45, 7) is 0. The molecule has 0 N–H and O–H groups in total. The van der Waals surface area contributed by atoms with Gasteiger partial charge in [-0.15, -0.1) is 11.3 Å². The van der Waals surface area contributed by atoms with Crippen molar-refractivity contribution < 1.29 is 4.42 Å². The first-order valence-corrected chi connectivity index (χ1v) is 19.8. The Balaban J connectivity index is 1.11. The molecule has 57 heavy (non-hydrogen) atoms. The van der Waals surface area contributed by atoms with E-state index in [1.54, 1.807) is 0 Å². The van der Waals surface area contributed by atoms with Gasteiger partial charge in [-0.05, 0) is 71.3 Å². The number of furan rings is 1. The molecular weight excluding hydrogens is 717 g/mol. The number of nitrogens with zero attached hydrogens (tertiary/aromatic N) is 4. The van der Waals surface area contributed by atoms with Gasteiger partial charge < -0.3 is 4.42 Å². The predicted octanol–water partition coefficient (Wildman–Crippen LogP) is 13.9. The van der Waals surface area contributed by atoms with Gasteiger partial charge in [0.25, 0.3) is 0 Å². The normalized spacial score (nSPS) is 11.9. The molecule has 0 aliphatic carbocycles. The van der Waals surface area contributed by atoms with Crippen molar-refractivity contribution in [2.75, 3.05) is 0 Å². The van der Waals surface area contributed by atoms with Gasteiger partial charge in [0.15, 0.2) is 11.6 Å². The maximum absolute atomic E-state index is 6.53. The lowest BCUT2D eigenvalue weighted by atomic mass is 9.95. The minimum absolute atomic E-state index is 0.568. The van der Waals surface area contributed by atoms with Gasteiger partial charge in [-0.25, -0.2) is 4.98 Å². The fourth-order valence-corrected chi connectivity index (χ4v) is 9.45. The number of para-hydroxylation sites is 2. The Morgan fingerprint density at radius 2 is 1.02 bits per heavy atom. The van der Waals surface area contributed by atoms with E-state index in [2.05, 4.69) is 150 Å². The molecule has 0 amide bonds. The van der Waals surface area contributed by atoms with Gasteiger partial charge >= 0.3 is 0 Å². The second-order valence-electron chi connectivity index (χ2n) is 14.4. The summed E-state index contributed by atoms with van der Waals surface area (Å²) < 4.78 is 11.2. The third-order valence-corrected chi connectivity index (χ3v) is 12.2. The van der Waals surface area contributed by atoms with Crippen LogP contribution in [0, 0.1) is 0 Å². The summed E-state index contributed by atoms with van der Waals surface area (Å²) in [5, 5.41) is 6.89. The van der Waals surface area contributed by atoms with Crippen molar-refractivity contribution >= 4 is 75.3 Å². The number of rotatable bonds is 5. The fourth-order valence-electron chi connectivity index (χ4n) is 8.37. The molecule has 0 unspecified atom stereocenters. The van der Waals surface area contributed by atoms with E-state index in [1.165, 1.54) is 20.2 Å². The predicted molar refractivity (Wildman–Crippen MR) is 236 cm³/mol. The lowest BCUT2D eigenvalue weighted by molar-refractivity contribution is 0.670. The van der Waals surface area contributed by atoms with E-state index < -0.39 is 0 Å². The molecule has 0 aliphatic heterocycles. The third-order valence-electron chi connectivity index (χ3n) is 11.1. The number of benzene rings is 8. The van der Waals surface area contributed by atoms with Gasteiger partial charge in [0.05, 0.1) is 11.0 Å². The van der Waals surface area contributed by atoms with Crippen LogP contribution in [0.3, 0.4) is 0 Å². The van der Waals surface area contributed by atoms with Gasteiger partial charge in [-0.2, -0.15) is 9.97 Å². The average Bonchev–Trinajstić information content (AvgIpc) is 3.95. The Hall–Kier alpha value is -7.41. The first kappa shape index (κ1) is 31.9. The van der Waals surface area contributed by atoms with Crippen LogP contribution in [0.4, 0.5) is 0 Å². The van der Waals surface area contributed by atoms with Crippen LogP contribution in [0.15, 0.2) is 186 Å². The van der Waals surface area contributed by atoms with Crippen LogP contribution in [-0.4, -0.2) is 19.5 Å². The lowest BCUT2D eigenvalue weighted by Gasteiger charge is -2.12. The van der Waals surface area contributed by atoms with Crippen molar-refractivity contribution in [2.45, 2.75) is 0 Å². The zero-order valence-corrected chi connectivity index (χ0v) is 31.2. The molecule has 0 saturated carbocycles. The van der Waals surface area contributed by atoms with Gasteiger partial charge in [0, 0.05) is 58.4 Å². The molecule has 0 fully saturated rings. The maximum Gasteiger partial charge on any atom is 0.238 e. The summed E-state index contributed by atoms with van der Waals surface area (Å²) in [6, 6.07) is 63.9. The molecule has 0 aliphatic rings. The largest absolute Gasteiger partial charge is 0.455 e. The van der Waals surface area contributed by atoms with E-state index in [4.69, 9.17) is 19.4 Å². The van der Waals surface area contributed by atoms with Crippen molar-refractivity contribution in [3.63, 3.8) is 0 Å². The highest BCUT2D eigenvalue weighted by atomic mass is 32.1. The van der Waals surface area contributed by atoms with Crippen molar-refractivity contribution in [1.29, 1.82) is 0 Å². The zero-order chi connectivity index (χ0) is 37.5. The topological polar surface area (TPSA) is 56.7 Å². The summed E-state index contributed by atoms with van der Waals surface area (Å²) in [5.74, 6) is 1.82. The number of hydrogen-bond donors (Lipinski definition) is 0. The standard InChI is InChI=1S/C51H30N4OS/c1-3-13-31(14-4-1)40-28-35(29-42-38-18-8-11-21-45(38)56-48(40)42)33-23-25-37-36-17-7-10-20-43(36)55(44(37)30-33)51-53-49(32-15-5-2-6-16-32)52-50(54-51)34-24-26-47-41(27-34)39-19-9-12-22-46(39)57-47/h1-30H. The lowest BCUT2D eigenvalue weighted by Crippen LogP contribution is -2.06. The molecule has 4 heterocycles. The number of hydrogen-bond acceptors (Lipinski definition) is 5. The Morgan fingerprint density at radius 3 is 1.86 bits per heavy atom. The quantitative estimate of drug-likeness (QED) is 0.176. The average molecular weight is 747 g/mol. The van der Waals surface area contributed by atoms with Crippen LogP contribution in [0.2, 0.25) is 0 Å². The fraction of sp³-hybridized carbons (Fsp3) is 0. The maximum atomic E-state index is 6.53. The van der Waals surface area contributed by atoms with Crippen LogP contribution < -0.4 is 0 Å². The zero-order valence-electron chi connectivity index (χ0n) is 30.4. The van der Waals surface area contributed by atoms with Crippen LogP contribution in [-0.2, 0) is 0 Å².